The molecule has 0 saturated heterocycles. The second kappa shape index (κ2) is 9.70. The van der Waals surface area contributed by atoms with Crippen LogP contribution in [0.15, 0.2) is 73.1 Å². The van der Waals surface area contributed by atoms with Gasteiger partial charge in [0.05, 0.1) is 11.4 Å². The van der Waals surface area contributed by atoms with E-state index in [0.29, 0.717) is 17.2 Å². The van der Waals surface area contributed by atoms with Gasteiger partial charge in [-0.2, -0.15) is 5.10 Å². The van der Waals surface area contributed by atoms with E-state index in [-0.39, 0.29) is 10.7 Å². The number of aromatic nitrogens is 4. The molecule has 4 rings (SSSR count). The molecule has 0 aliphatic carbocycles. The van der Waals surface area contributed by atoms with Crippen LogP contribution >= 0.6 is 11.6 Å². The Labute approximate surface area is 195 Å². The third-order valence-electron chi connectivity index (χ3n) is 5.10. The number of rotatable bonds is 7. The molecule has 0 aliphatic rings. The summed E-state index contributed by atoms with van der Waals surface area (Å²) in [4.78, 5) is 29.8. The second-order valence-electron chi connectivity index (χ2n) is 7.38. The number of para-hydroxylation sites is 1. The average Bonchev–Trinajstić information content (AvgIpc) is 3.39. The standard InChI is InChI=1S/C24H22ClN5O3/c1-16-20(22(25)30(28-16)18-11-7-4-8-12-18)24(32)33-15-19(31)27-21(17-9-5-3-6-10-17)23-26-13-14-29(23)2/h3-14,21H,15H2,1-2H3,(H,27,31). The molecular weight excluding hydrogens is 442 g/mol. The third-order valence-corrected chi connectivity index (χ3v) is 5.45. The van der Waals surface area contributed by atoms with Crippen LogP contribution in [0.2, 0.25) is 5.15 Å². The number of esters is 1. The fraction of sp³-hybridized carbons (Fsp3) is 0.167. The van der Waals surface area contributed by atoms with Gasteiger partial charge in [-0.05, 0) is 24.6 Å². The topological polar surface area (TPSA) is 91.0 Å². The first-order chi connectivity index (χ1) is 16.0. The first-order valence-electron chi connectivity index (χ1n) is 10.2. The van der Waals surface area contributed by atoms with Crippen molar-refractivity contribution in [2.75, 3.05) is 6.61 Å². The van der Waals surface area contributed by atoms with Gasteiger partial charge in [-0.1, -0.05) is 60.1 Å². The van der Waals surface area contributed by atoms with E-state index in [0.717, 1.165) is 5.56 Å². The van der Waals surface area contributed by atoms with E-state index in [4.69, 9.17) is 16.3 Å². The number of halogens is 1. The van der Waals surface area contributed by atoms with Crippen LogP contribution in [0.4, 0.5) is 0 Å². The first-order valence-corrected chi connectivity index (χ1v) is 10.6. The summed E-state index contributed by atoms with van der Waals surface area (Å²) in [5, 5.41) is 7.35. The predicted octanol–water partition coefficient (Wildman–Crippen LogP) is 3.63. The highest BCUT2D eigenvalue weighted by Gasteiger charge is 2.25. The third kappa shape index (κ3) is 4.80. The fourth-order valence-corrected chi connectivity index (χ4v) is 3.82. The van der Waals surface area contributed by atoms with Crippen molar-refractivity contribution in [3.05, 3.63) is 101 Å². The molecule has 8 nitrogen and oxygen atoms in total. The van der Waals surface area contributed by atoms with Crippen LogP contribution in [-0.2, 0) is 16.6 Å². The monoisotopic (exact) mass is 463 g/mol. The van der Waals surface area contributed by atoms with Crippen LogP contribution < -0.4 is 5.32 Å². The summed E-state index contributed by atoms with van der Waals surface area (Å²) in [6, 6.07) is 18.2. The Morgan fingerprint density at radius 2 is 1.76 bits per heavy atom. The number of hydrogen-bond donors (Lipinski definition) is 1. The first kappa shape index (κ1) is 22.3. The number of imidazole rings is 1. The van der Waals surface area contributed by atoms with Crippen LogP contribution in [0.5, 0.6) is 0 Å². The molecule has 2 heterocycles. The Hall–Kier alpha value is -3.91. The summed E-state index contributed by atoms with van der Waals surface area (Å²) >= 11 is 6.41. The van der Waals surface area contributed by atoms with Crippen LogP contribution in [0.25, 0.3) is 5.69 Å². The van der Waals surface area contributed by atoms with Gasteiger partial charge >= 0.3 is 5.97 Å². The van der Waals surface area contributed by atoms with E-state index in [2.05, 4.69) is 15.4 Å². The minimum Gasteiger partial charge on any atom is -0.452 e. The Kier molecular flexibility index (Phi) is 6.55. The Morgan fingerprint density at radius 1 is 1.09 bits per heavy atom. The summed E-state index contributed by atoms with van der Waals surface area (Å²) in [6.45, 7) is 1.19. The number of aryl methyl sites for hydroxylation is 2. The van der Waals surface area contributed by atoms with Gasteiger partial charge < -0.3 is 14.6 Å². The minimum atomic E-state index is -0.719. The number of benzene rings is 2. The van der Waals surface area contributed by atoms with Crippen molar-refractivity contribution in [3.63, 3.8) is 0 Å². The van der Waals surface area contributed by atoms with Crippen molar-refractivity contribution >= 4 is 23.5 Å². The SMILES string of the molecule is Cc1nn(-c2ccccc2)c(Cl)c1C(=O)OCC(=O)NC(c1ccccc1)c1nccn1C. The molecule has 168 valence electrons. The van der Waals surface area contributed by atoms with Crippen molar-refractivity contribution in [2.24, 2.45) is 7.05 Å². The fourth-order valence-electron chi connectivity index (χ4n) is 3.47. The highest BCUT2D eigenvalue weighted by molar-refractivity contribution is 6.33. The van der Waals surface area contributed by atoms with Crippen molar-refractivity contribution in [1.29, 1.82) is 0 Å². The number of amides is 1. The number of carbonyl (C=O) groups is 2. The normalized spacial score (nSPS) is 11.7. The zero-order valence-corrected chi connectivity index (χ0v) is 18.9. The van der Waals surface area contributed by atoms with Crippen LogP contribution in [0, 0.1) is 6.92 Å². The van der Waals surface area contributed by atoms with E-state index < -0.39 is 24.5 Å². The Bertz CT molecular complexity index is 1270. The average molecular weight is 464 g/mol. The molecule has 0 spiro atoms. The maximum Gasteiger partial charge on any atom is 0.343 e. The molecule has 2 aromatic heterocycles. The lowest BCUT2D eigenvalue weighted by molar-refractivity contribution is -0.124. The molecule has 33 heavy (non-hydrogen) atoms. The van der Waals surface area contributed by atoms with Gasteiger partial charge in [0.25, 0.3) is 5.91 Å². The molecule has 1 atom stereocenters. The Balaban J connectivity index is 1.47. The van der Waals surface area contributed by atoms with E-state index >= 15 is 0 Å². The molecule has 9 heteroatoms. The summed E-state index contributed by atoms with van der Waals surface area (Å²) in [7, 11) is 1.85. The maximum absolute atomic E-state index is 12.7. The zero-order chi connectivity index (χ0) is 23.4. The molecule has 1 N–H and O–H groups in total. The van der Waals surface area contributed by atoms with Crippen LogP contribution in [0.1, 0.15) is 33.5 Å². The number of carbonyl (C=O) groups excluding carboxylic acids is 2. The molecule has 0 radical (unpaired) electrons. The van der Waals surface area contributed by atoms with Gasteiger partial charge in [0.1, 0.15) is 22.6 Å². The number of nitrogens with zero attached hydrogens (tertiary/aromatic N) is 4. The predicted molar refractivity (Wildman–Crippen MR) is 123 cm³/mol. The molecule has 2 aromatic carbocycles. The van der Waals surface area contributed by atoms with E-state index in [1.807, 2.05) is 72.3 Å². The van der Waals surface area contributed by atoms with Gasteiger partial charge in [-0.25, -0.2) is 14.5 Å². The zero-order valence-electron chi connectivity index (χ0n) is 18.1. The molecule has 4 aromatic rings. The lowest BCUT2D eigenvalue weighted by Crippen LogP contribution is -2.34. The summed E-state index contributed by atoms with van der Waals surface area (Å²) in [5.74, 6) is -0.531. The molecule has 1 amide bonds. The molecule has 0 fully saturated rings. The molecule has 0 saturated carbocycles. The van der Waals surface area contributed by atoms with E-state index in [1.165, 1.54) is 4.68 Å². The van der Waals surface area contributed by atoms with Gasteiger partial charge in [-0.3, -0.25) is 4.79 Å². The highest BCUT2D eigenvalue weighted by atomic mass is 35.5. The molecule has 1 unspecified atom stereocenters. The van der Waals surface area contributed by atoms with Crippen molar-refractivity contribution in [1.82, 2.24) is 24.6 Å². The number of hydrogen-bond acceptors (Lipinski definition) is 5. The van der Waals surface area contributed by atoms with Gasteiger partial charge in [-0.15, -0.1) is 0 Å². The number of nitrogens with one attached hydrogen (secondary N) is 1. The minimum absolute atomic E-state index is 0.122. The highest BCUT2D eigenvalue weighted by Crippen LogP contribution is 2.24. The largest absolute Gasteiger partial charge is 0.452 e. The summed E-state index contributed by atoms with van der Waals surface area (Å²) < 4.78 is 8.55. The van der Waals surface area contributed by atoms with Crippen molar-refractivity contribution < 1.29 is 14.3 Å². The van der Waals surface area contributed by atoms with Gasteiger partial charge in [0.15, 0.2) is 6.61 Å². The lowest BCUT2D eigenvalue weighted by Gasteiger charge is -2.19. The maximum atomic E-state index is 12.7. The van der Waals surface area contributed by atoms with Gasteiger partial charge in [0, 0.05) is 19.4 Å². The quantitative estimate of drug-likeness (QED) is 0.422. The van der Waals surface area contributed by atoms with Crippen molar-refractivity contribution in [3.8, 4) is 5.69 Å². The molecule has 0 bridgehead atoms. The lowest BCUT2D eigenvalue weighted by atomic mass is 10.1. The van der Waals surface area contributed by atoms with Crippen molar-refractivity contribution in [2.45, 2.75) is 13.0 Å². The van der Waals surface area contributed by atoms with E-state index in [9.17, 15) is 9.59 Å². The van der Waals surface area contributed by atoms with Crippen LogP contribution in [0.3, 0.4) is 0 Å². The summed E-state index contributed by atoms with van der Waals surface area (Å²) in [5.41, 5.74) is 2.10. The summed E-state index contributed by atoms with van der Waals surface area (Å²) in [6.07, 6.45) is 3.46. The van der Waals surface area contributed by atoms with Gasteiger partial charge in [0.2, 0.25) is 0 Å². The second-order valence-corrected chi connectivity index (χ2v) is 7.74. The smallest absolute Gasteiger partial charge is 0.343 e. The Morgan fingerprint density at radius 3 is 2.39 bits per heavy atom. The number of ether oxygens (including phenoxy) is 1. The van der Waals surface area contributed by atoms with Crippen LogP contribution in [-0.4, -0.2) is 37.8 Å². The molecule has 0 aliphatic heterocycles. The molecular formula is C24H22ClN5O3. The van der Waals surface area contributed by atoms with E-state index in [1.54, 1.807) is 19.3 Å².